The van der Waals surface area contributed by atoms with Gasteiger partial charge in [-0.25, -0.2) is 4.68 Å². The van der Waals surface area contributed by atoms with Gasteiger partial charge >= 0.3 is 0 Å². The number of para-hydroxylation sites is 1. The molecule has 0 unspecified atom stereocenters. The first-order valence-electron chi connectivity index (χ1n) is 7.01. The van der Waals surface area contributed by atoms with Crippen LogP contribution in [-0.4, -0.2) is 30.2 Å². The summed E-state index contributed by atoms with van der Waals surface area (Å²) in [5.41, 5.74) is 1.84. The standard InChI is InChI=1S/C14H15N7/c1-2-4-12(5-3-1)21-9-11(17-20-21)8-15-14-16-13(18-19-14)10-6-7-10/h1-5,9-10H,6-8H2,(H2,15,16,18,19). The zero-order valence-corrected chi connectivity index (χ0v) is 11.4. The number of hydrogen-bond acceptors (Lipinski definition) is 5. The molecule has 2 aromatic heterocycles. The number of nitrogens with zero attached hydrogens (tertiary/aromatic N) is 5. The maximum atomic E-state index is 4.15. The van der Waals surface area contributed by atoms with Gasteiger partial charge in [-0.15, -0.1) is 15.3 Å². The fourth-order valence-electron chi connectivity index (χ4n) is 2.16. The summed E-state index contributed by atoms with van der Waals surface area (Å²) >= 11 is 0. The Balaban J connectivity index is 1.41. The smallest absolute Gasteiger partial charge is 0.222 e. The molecule has 7 heteroatoms. The maximum Gasteiger partial charge on any atom is 0.222 e. The molecule has 3 aromatic rings. The van der Waals surface area contributed by atoms with Crippen molar-refractivity contribution in [1.29, 1.82) is 0 Å². The first-order chi connectivity index (χ1) is 10.4. The van der Waals surface area contributed by atoms with Crippen LogP contribution in [0, 0.1) is 0 Å². The average molecular weight is 281 g/mol. The van der Waals surface area contributed by atoms with Gasteiger partial charge in [-0.3, -0.25) is 0 Å². The van der Waals surface area contributed by atoms with Crippen LogP contribution in [0.1, 0.15) is 30.3 Å². The van der Waals surface area contributed by atoms with Gasteiger partial charge in [0.05, 0.1) is 18.4 Å². The number of aromatic nitrogens is 6. The van der Waals surface area contributed by atoms with Crippen LogP contribution in [0.5, 0.6) is 0 Å². The third kappa shape index (κ3) is 2.62. The minimum absolute atomic E-state index is 0.562. The fourth-order valence-corrected chi connectivity index (χ4v) is 2.16. The van der Waals surface area contributed by atoms with Crippen molar-refractivity contribution in [3.8, 4) is 5.69 Å². The number of nitrogens with one attached hydrogen (secondary N) is 2. The molecule has 4 rings (SSSR count). The average Bonchev–Trinajstić information content (AvgIpc) is 3.09. The lowest BCUT2D eigenvalue weighted by Gasteiger charge is -1.98. The first-order valence-corrected chi connectivity index (χ1v) is 7.01. The van der Waals surface area contributed by atoms with Crippen LogP contribution < -0.4 is 5.32 Å². The van der Waals surface area contributed by atoms with Gasteiger partial charge in [-0.1, -0.05) is 23.4 Å². The minimum Gasteiger partial charge on any atom is -0.349 e. The Bertz CT molecular complexity index is 727. The summed E-state index contributed by atoms with van der Waals surface area (Å²) in [4.78, 5) is 3.20. The molecule has 106 valence electrons. The normalized spacial score (nSPS) is 14.3. The van der Waals surface area contributed by atoms with Crippen molar-refractivity contribution < 1.29 is 0 Å². The predicted octanol–water partition coefficient (Wildman–Crippen LogP) is 1.87. The van der Waals surface area contributed by atoms with Crippen molar-refractivity contribution >= 4 is 5.95 Å². The van der Waals surface area contributed by atoms with E-state index in [1.165, 1.54) is 12.8 Å². The molecular weight excluding hydrogens is 266 g/mol. The van der Waals surface area contributed by atoms with Gasteiger partial charge in [0.25, 0.3) is 0 Å². The number of hydrogen-bond donors (Lipinski definition) is 2. The van der Waals surface area contributed by atoms with E-state index in [1.54, 1.807) is 4.68 Å². The second-order valence-electron chi connectivity index (χ2n) is 5.18. The molecule has 21 heavy (non-hydrogen) atoms. The van der Waals surface area contributed by atoms with Gasteiger partial charge in [0, 0.05) is 5.92 Å². The van der Waals surface area contributed by atoms with Crippen LogP contribution in [0.15, 0.2) is 36.5 Å². The molecular formula is C14H15N7. The number of anilines is 1. The second kappa shape index (κ2) is 5.01. The summed E-state index contributed by atoms with van der Waals surface area (Å²) < 4.78 is 1.76. The van der Waals surface area contributed by atoms with Gasteiger partial charge in [0.1, 0.15) is 11.5 Å². The van der Waals surface area contributed by atoms with E-state index in [2.05, 4.69) is 30.8 Å². The molecule has 0 saturated heterocycles. The molecule has 2 N–H and O–H groups in total. The molecule has 0 aliphatic heterocycles. The van der Waals surface area contributed by atoms with Crippen LogP contribution in [0.2, 0.25) is 0 Å². The molecule has 1 aliphatic rings. The van der Waals surface area contributed by atoms with Crippen molar-refractivity contribution in [3.05, 3.63) is 48.0 Å². The Morgan fingerprint density at radius 1 is 1.14 bits per heavy atom. The lowest BCUT2D eigenvalue weighted by Crippen LogP contribution is -2.01. The van der Waals surface area contributed by atoms with Crippen LogP contribution in [0.4, 0.5) is 5.95 Å². The van der Waals surface area contributed by atoms with Crippen molar-refractivity contribution in [2.24, 2.45) is 0 Å². The van der Waals surface area contributed by atoms with Crippen LogP contribution in [0.25, 0.3) is 5.69 Å². The summed E-state index contributed by atoms with van der Waals surface area (Å²) in [7, 11) is 0. The van der Waals surface area contributed by atoms with E-state index in [1.807, 2.05) is 36.5 Å². The van der Waals surface area contributed by atoms with E-state index >= 15 is 0 Å². The van der Waals surface area contributed by atoms with Gasteiger partial charge in [-0.2, -0.15) is 0 Å². The van der Waals surface area contributed by atoms with Crippen LogP contribution in [0.3, 0.4) is 0 Å². The summed E-state index contributed by atoms with van der Waals surface area (Å²) in [5.74, 6) is 2.24. The Hall–Kier alpha value is -2.70. The summed E-state index contributed by atoms with van der Waals surface area (Å²) in [5, 5.41) is 19.7. The van der Waals surface area contributed by atoms with Crippen LogP contribution >= 0.6 is 0 Å². The van der Waals surface area contributed by atoms with Crippen molar-refractivity contribution in [2.45, 2.75) is 25.3 Å². The predicted molar refractivity (Wildman–Crippen MR) is 77.0 cm³/mol. The van der Waals surface area contributed by atoms with Crippen molar-refractivity contribution in [3.63, 3.8) is 0 Å². The second-order valence-corrected chi connectivity index (χ2v) is 5.18. The van der Waals surface area contributed by atoms with Crippen molar-refractivity contribution in [2.75, 3.05) is 5.32 Å². The Morgan fingerprint density at radius 3 is 2.81 bits per heavy atom. The van der Waals surface area contributed by atoms with Gasteiger partial charge in [0.2, 0.25) is 5.95 Å². The quantitative estimate of drug-likeness (QED) is 0.746. The van der Waals surface area contributed by atoms with E-state index in [4.69, 9.17) is 0 Å². The Morgan fingerprint density at radius 2 is 2.00 bits per heavy atom. The van der Waals surface area contributed by atoms with Crippen molar-refractivity contribution in [1.82, 2.24) is 30.2 Å². The third-order valence-electron chi connectivity index (χ3n) is 3.47. The highest BCUT2D eigenvalue weighted by atomic mass is 15.4. The highest BCUT2D eigenvalue weighted by Gasteiger charge is 2.27. The highest BCUT2D eigenvalue weighted by Crippen LogP contribution is 2.38. The topological polar surface area (TPSA) is 84.3 Å². The molecule has 0 radical (unpaired) electrons. The molecule has 0 atom stereocenters. The zero-order chi connectivity index (χ0) is 14.1. The fraction of sp³-hybridized carbons (Fsp3) is 0.286. The lowest BCUT2D eigenvalue weighted by atomic mass is 10.3. The van der Waals surface area contributed by atoms with Gasteiger partial charge in [-0.05, 0) is 25.0 Å². The van der Waals surface area contributed by atoms with Gasteiger partial charge in [0.15, 0.2) is 0 Å². The molecule has 7 nitrogen and oxygen atoms in total. The summed E-state index contributed by atoms with van der Waals surface area (Å²) in [6, 6.07) is 9.91. The highest BCUT2D eigenvalue weighted by molar-refractivity contribution is 5.30. The molecule has 0 amide bonds. The third-order valence-corrected chi connectivity index (χ3v) is 3.47. The molecule has 1 saturated carbocycles. The van der Waals surface area contributed by atoms with E-state index in [-0.39, 0.29) is 0 Å². The molecule has 1 aromatic carbocycles. The number of H-pyrrole nitrogens is 1. The van der Waals surface area contributed by atoms with E-state index in [0.29, 0.717) is 18.4 Å². The Kier molecular flexibility index (Phi) is 2.88. The molecule has 0 bridgehead atoms. The Labute approximate surface area is 121 Å². The van der Waals surface area contributed by atoms with E-state index < -0.39 is 0 Å². The number of benzene rings is 1. The number of rotatable bonds is 5. The largest absolute Gasteiger partial charge is 0.349 e. The van der Waals surface area contributed by atoms with E-state index in [9.17, 15) is 0 Å². The SMILES string of the molecule is c1ccc(-n2cc(CNc3nnc(C4CC4)[nH]3)nn2)cc1. The molecule has 1 aliphatic carbocycles. The minimum atomic E-state index is 0.562. The van der Waals surface area contributed by atoms with Crippen LogP contribution in [-0.2, 0) is 6.54 Å². The zero-order valence-electron chi connectivity index (χ0n) is 11.4. The first kappa shape index (κ1) is 12.1. The summed E-state index contributed by atoms with van der Waals surface area (Å²) in [6.07, 6.45) is 4.32. The number of aromatic amines is 1. The monoisotopic (exact) mass is 281 g/mol. The van der Waals surface area contributed by atoms with E-state index in [0.717, 1.165) is 17.2 Å². The maximum absolute atomic E-state index is 4.15. The molecule has 0 spiro atoms. The van der Waals surface area contributed by atoms with Gasteiger partial charge < -0.3 is 10.3 Å². The lowest BCUT2D eigenvalue weighted by molar-refractivity contribution is 0.798. The molecule has 2 heterocycles. The summed E-state index contributed by atoms with van der Waals surface area (Å²) in [6.45, 7) is 0.562. The molecule has 1 fully saturated rings.